The van der Waals surface area contributed by atoms with Gasteiger partial charge in [-0.2, -0.15) is 5.26 Å². The van der Waals surface area contributed by atoms with Crippen LogP contribution in [0.15, 0.2) is 0 Å². The van der Waals surface area contributed by atoms with Gasteiger partial charge in [0.15, 0.2) is 0 Å². The first kappa shape index (κ1) is 11.5. The summed E-state index contributed by atoms with van der Waals surface area (Å²) >= 11 is 0. The molecule has 0 aromatic rings. The third kappa shape index (κ3) is 2.07. The van der Waals surface area contributed by atoms with Gasteiger partial charge in [0, 0.05) is 11.8 Å². The molecule has 1 aliphatic carbocycles. The lowest BCUT2D eigenvalue weighted by Gasteiger charge is -2.40. The van der Waals surface area contributed by atoms with Crippen LogP contribution in [0, 0.1) is 28.6 Å². The van der Waals surface area contributed by atoms with E-state index < -0.39 is 0 Å². The monoisotopic (exact) mass is 219 g/mol. The second kappa shape index (κ2) is 4.45. The predicted molar refractivity (Wildman–Crippen MR) is 59.0 cm³/mol. The van der Waals surface area contributed by atoms with E-state index in [0.29, 0.717) is 13.0 Å². The number of nitrogens with zero attached hydrogens (tertiary/aromatic N) is 1. The van der Waals surface area contributed by atoms with Crippen LogP contribution in [-0.4, -0.2) is 12.2 Å². The fourth-order valence-electron chi connectivity index (χ4n) is 2.98. The summed E-state index contributed by atoms with van der Waals surface area (Å²) in [5.74, 6) is 6.21. The van der Waals surface area contributed by atoms with Crippen LogP contribution in [0.4, 0.5) is 0 Å². The minimum absolute atomic E-state index is 0.168. The lowest BCUT2D eigenvalue weighted by Crippen LogP contribution is -2.40. The van der Waals surface area contributed by atoms with Crippen molar-refractivity contribution in [2.45, 2.75) is 51.0 Å². The molecule has 0 N–H and O–H groups in total. The van der Waals surface area contributed by atoms with Crippen molar-refractivity contribution < 1.29 is 9.78 Å². The molecule has 2 atom stereocenters. The van der Waals surface area contributed by atoms with Crippen molar-refractivity contribution >= 4 is 0 Å². The molecule has 2 fully saturated rings. The molecule has 0 radical (unpaired) electrons. The SMILES string of the molecule is CC#CC1(CC#N)CCCC2(CCOO2)C1. The molecule has 1 saturated heterocycles. The smallest absolute Gasteiger partial charge is 0.107 e. The quantitative estimate of drug-likeness (QED) is 0.503. The van der Waals surface area contributed by atoms with Crippen molar-refractivity contribution in [3.63, 3.8) is 0 Å². The van der Waals surface area contributed by atoms with E-state index in [2.05, 4.69) is 17.9 Å². The first-order valence-electron chi connectivity index (χ1n) is 5.86. The van der Waals surface area contributed by atoms with E-state index in [4.69, 9.17) is 15.0 Å². The first-order valence-corrected chi connectivity index (χ1v) is 5.86. The molecule has 3 heteroatoms. The Morgan fingerprint density at radius 2 is 2.19 bits per heavy atom. The Labute approximate surface area is 96.7 Å². The Morgan fingerprint density at radius 3 is 2.81 bits per heavy atom. The summed E-state index contributed by atoms with van der Waals surface area (Å²) in [6, 6.07) is 2.27. The van der Waals surface area contributed by atoms with Crippen molar-refractivity contribution in [1.82, 2.24) is 0 Å². The maximum atomic E-state index is 8.95. The highest BCUT2D eigenvalue weighted by molar-refractivity contribution is 5.17. The van der Waals surface area contributed by atoms with Crippen molar-refractivity contribution in [2.75, 3.05) is 6.61 Å². The summed E-state index contributed by atoms with van der Waals surface area (Å²) in [4.78, 5) is 10.5. The van der Waals surface area contributed by atoms with Crippen LogP contribution in [0.1, 0.15) is 45.4 Å². The van der Waals surface area contributed by atoms with E-state index in [1.807, 2.05) is 6.92 Å². The van der Waals surface area contributed by atoms with Gasteiger partial charge in [-0.25, -0.2) is 9.78 Å². The zero-order valence-electron chi connectivity index (χ0n) is 9.71. The fraction of sp³-hybridized carbons (Fsp3) is 0.769. The average molecular weight is 219 g/mol. The zero-order valence-corrected chi connectivity index (χ0v) is 9.71. The number of hydrogen-bond acceptors (Lipinski definition) is 3. The Bertz CT molecular complexity index is 354. The highest BCUT2D eigenvalue weighted by Gasteiger charge is 2.47. The van der Waals surface area contributed by atoms with Crippen molar-refractivity contribution in [1.29, 1.82) is 5.26 Å². The second-order valence-corrected chi connectivity index (χ2v) is 4.86. The summed E-state index contributed by atoms with van der Waals surface area (Å²) in [5.41, 5.74) is -0.339. The van der Waals surface area contributed by atoms with Gasteiger partial charge >= 0.3 is 0 Å². The van der Waals surface area contributed by atoms with E-state index in [-0.39, 0.29) is 11.0 Å². The number of nitriles is 1. The molecule has 3 nitrogen and oxygen atoms in total. The van der Waals surface area contributed by atoms with Crippen LogP contribution in [0.5, 0.6) is 0 Å². The molecule has 86 valence electrons. The molecule has 0 aromatic heterocycles. The second-order valence-electron chi connectivity index (χ2n) is 4.86. The molecule has 2 unspecified atom stereocenters. The Kier molecular flexibility index (Phi) is 3.19. The van der Waals surface area contributed by atoms with Gasteiger partial charge in [-0.3, -0.25) is 0 Å². The molecular formula is C13H17NO2. The minimum atomic E-state index is -0.171. The molecule has 1 aliphatic heterocycles. The third-order valence-electron chi connectivity index (χ3n) is 3.63. The molecular weight excluding hydrogens is 202 g/mol. The summed E-state index contributed by atoms with van der Waals surface area (Å²) < 4.78 is 0. The highest BCUT2D eigenvalue weighted by Crippen LogP contribution is 2.48. The van der Waals surface area contributed by atoms with E-state index in [0.717, 1.165) is 32.1 Å². The molecule has 0 amide bonds. The van der Waals surface area contributed by atoms with Crippen molar-refractivity contribution in [3.05, 3.63) is 0 Å². The maximum absolute atomic E-state index is 8.95. The zero-order chi connectivity index (χ0) is 11.5. The van der Waals surface area contributed by atoms with Gasteiger partial charge in [-0.15, -0.1) is 5.92 Å². The molecule has 1 spiro atoms. The van der Waals surface area contributed by atoms with Gasteiger partial charge in [0.05, 0.1) is 19.1 Å². The van der Waals surface area contributed by atoms with Crippen LogP contribution in [0.25, 0.3) is 0 Å². The number of rotatable bonds is 1. The highest BCUT2D eigenvalue weighted by atomic mass is 17.2. The molecule has 0 bridgehead atoms. The van der Waals surface area contributed by atoms with Gasteiger partial charge in [0.2, 0.25) is 0 Å². The van der Waals surface area contributed by atoms with Crippen LogP contribution >= 0.6 is 0 Å². The maximum Gasteiger partial charge on any atom is 0.107 e. The summed E-state index contributed by atoms with van der Waals surface area (Å²) in [5, 5.41) is 8.95. The Hall–Kier alpha value is -1.03. The van der Waals surface area contributed by atoms with Crippen molar-refractivity contribution in [3.8, 4) is 17.9 Å². The molecule has 0 aromatic carbocycles. The lowest BCUT2D eigenvalue weighted by atomic mass is 9.65. The summed E-state index contributed by atoms with van der Waals surface area (Å²) in [7, 11) is 0. The lowest BCUT2D eigenvalue weighted by molar-refractivity contribution is -0.319. The molecule has 1 heterocycles. The largest absolute Gasteiger partial charge is 0.236 e. The molecule has 2 aliphatic rings. The third-order valence-corrected chi connectivity index (χ3v) is 3.63. The van der Waals surface area contributed by atoms with Gasteiger partial charge < -0.3 is 0 Å². The van der Waals surface area contributed by atoms with Crippen LogP contribution in [-0.2, 0) is 9.78 Å². The van der Waals surface area contributed by atoms with Gasteiger partial charge in [-0.05, 0) is 32.6 Å². The Balaban J connectivity index is 2.19. The van der Waals surface area contributed by atoms with Gasteiger partial charge in [0.25, 0.3) is 0 Å². The van der Waals surface area contributed by atoms with Crippen molar-refractivity contribution in [2.24, 2.45) is 5.41 Å². The standard InChI is InChI=1S/C13H17NO2/c1-2-4-12(7-9-14)5-3-6-13(11-12)8-10-15-16-13/h3,5-8,10-11H2,1H3. The molecule has 2 rings (SSSR count). The summed E-state index contributed by atoms with van der Waals surface area (Å²) in [6.07, 6.45) is 5.39. The van der Waals surface area contributed by atoms with Gasteiger partial charge in [0.1, 0.15) is 5.60 Å². The summed E-state index contributed by atoms with van der Waals surface area (Å²) in [6.45, 7) is 2.51. The fourth-order valence-corrected chi connectivity index (χ4v) is 2.98. The van der Waals surface area contributed by atoms with E-state index in [1.54, 1.807) is 0 Å². The van der Waals surface area contributed by atoms with Crippen LogP contribution in [0.3, 0.4) is 0 Å². The normalized spacial score (nSPS) is 37.8. The average Bonchev–Trinajstić information content (AvgIpc) is 2.67. The van der Waals surface area contributed by atoms with E-state index in [9.17, 15) is 0 Å². The first-order chi connectivity index (χ1) is 7.74. The van der Waals surface area contributed by atoms with Crippen LogP contribution in [0.2, 0.25) is 0 Å². The Morgan fingerprint density at radius 1 is 1.31 bits per heavy atom. The predicted octanol–water partition coefficient (Wildman–Crippen LogP) is 2.57. The minimum Gasteiger partial charge on any atom is -0.236 e. The van der Waals surface area contributed by atoms with Crippen LogP contribution < -0.4 is 0 Å². The number of hydrogen-bond donors (Lipinski definition) is 0. The van der Waals surface area contributed by atoms with E-state index >= 15 is 0 Å². The van der Waals surface area contributed by atoms with Gasteiger partial charge in [-0.1, -0.05) is 5.92 Å². The topological polar surface area (TPSA) is 42.2 Å². The molecule has 16 heavy (non-hydrogen) atoms. The van der Waals surface area contributed by atoms with E-state index in [1.165, 1.54) is 0 Å². The molecule has 1 saturated carbocycles.